The minimum atomic E-state index is -0.0519. The van der Waals surface area contributed by atoms with Crippen molar-refractivity contribution in [2.45, 2.75) is 51.9 Å². The van der Waals surface area contributed by atoms with Gasteiger partial charge in [-0.05, 0) is 42.7 Å². The van der Waals surface area contributed by atoms with Gasteiger partial charge in [-0.2, -0.15) is 11.3 Å². The van der Waals surface area contributed by atoms with Gasteiger partial charge in [-0.15, -0.1) is 0 Å². The minimum Gasteiger partial charge on any atom is -0.377 e. The first kappa shape index (κ1) is 15.5. The molecule has 2 atom stereocenters. The van der Waals surface area contributed by atoms with E-state index in [9.17, 15) is 4.79 Å². The Labute approximate surface area is 125 Å². The van der Waals surface area contributed by atoms with Gasteiger partial charge in [-0.25, -0.2) is 0 Å². The highest BCUT2D eigenvalue weighted by atomic mass is 32.1. The molecule has 2 heterocycles. The van der Waals surface area contributed by atoms with Crippen LogP contribution in [0.2, 0.25) is 0 Å². The minimum absolute atomic E-state index is 0.000984. The van der Waals surface area contributed by atoms with Gasteiger partial charge < -0.3 is 9.64 Å². The van der Waals surface area contributed by atoms with Crippen molar-refractivity contribution < 1.29 is 9.53 Å². The Hall–Kier alpha value is -0.910. The first-order valence-corrected chi connectivity index (χ1v) is 8.28. The molecule has 1 saturated heterocycles. The normalized spacial score (nSPS) is 23.0. The summed E-state index contributed by atoms with van der Waals surface area (Å²) in [6.45, 7) is 7.37. The van der Waals surface area contributed by atoms with Crippen LogP contribution in [0.3, 0.4) is 0 Å². The Balaban J connectivity index is 2.05. The number of ether oxygens (including phenoxy) is 1. The molecule has 1 N–H and O–H groups in total. The Kier molecular flexibility index (Phi) is 5.57. The van der Waals surface area contributed by atoms with E-state index in [2.05, 4.69) is 29.1 Å². The van der Waals surface area contributed by atoms with Crippen molar-refractivity contribution in [2.75, 3.05) is 13.2 Å². The fourth-order valence-electron chi connectivity index (χ4n) is 2.51. The Morgan fingerprint density at radius 3 is 2.90 bits per heavy atom. The molecule has 0 spiro atoms. The molecule has 1 aromatic heterocycles. The van der Waals surface area contributed by atoms with Crippen LogP contribution < -0.4 is 5.32 Å². The number of thiophene rings is 1. The van der Waals surface area contributed by atoms with Crippen molar-refractivity contribution in [1.29, 1.82) is 0 Å². The molecule has 112 valence electrons. The Morgan fingerprint density at radius 2 is 2.30 bits per heavy atom. The number of nitrogens with zero attached hydrogens (tertiary/aromatic N) is 1. The lowest BCUT2D eigenvalue weighted by Crippen LogP contribution is -2.34. The molecule has 1 aliphatic rings. The molecule has 1 amide bonds. The van der Waals surface area contributed by atoms with Gasteiger partial charge in [0.2, 0.25) is 5.91 Å². The third-order valence-corrected chi connectivity index (χ3v) is 4.17. The molecule has 5 heteroatoms. The smallest absolute Gasteiger partial charge is 0.241 e. The van der Waals surface area contributed by atoms with Gasteiger partial charge in [0, 0.05) is 6.54 Å². The average Bonchev–Trinajstić information content (AvgIpc) is 3.01. The number of nitrogens with one attached hydrogen (secondary N) is 1. The van der Waals surface area contributed by atoms with E-state index in [1.807, 2.05) is 18.7 Å². The largest absolute Gasteiger partial charge is 0.377 e. The van der Waals surface area contributed by atoms with E-state index in [0.29, 0.717) is 13.2 Å². The third-order valence-electron chi connectivity index (χ3n) is 3.47. The number of hydrogen-bond donors (Lipinski definition) is 1. The molecule has 2 rings (SSSR count). The molecule has 0 saturated carbocycles. The number of carbonyl (C=O) groups excluding carboxylic acids is 1. The van der Waals surface area contributed by atoms with Gasteiger partial charge in [0.1, 0.15) is 6.17 Å². The highest BCUT2D eigenvalue weighted by Gasteiger charge is 2.38. The fraction of sp³-hybridized carbons (Fsp3) is 0.667. The first-order valence-electron chi connectivity index (χ1n) is 7.33. The number of rotatable bonds is 7. The van der Waals surface area contributed by atoms with Crippen LogP contribution in [-0.2, 0) is 9.53 Å². The van der Waals surface area contributed by atoms with E-state index in [4.69, 9.17) is 4.74 Å². The zero-order valence-corrected chi connectivity index (χ0v) is 13.3. The summed E-state index contributed by atoms with van der Waals surface area (Å²) in [7, 11) is 0. The molecule has 1 aliphatic heterocycles. The topological polar surface area (TPSA) is 41.6 Å². The van der Waals surface area contributed by atoms with Gasteiger partial charge in [0.05, 0.1) is 18.8 Å². The summed E-state index contributed by atoms with van der Waals surface area (Å²) >= 11 is 1.66. The van der Waals surface area contributed by atoms with Crippen LogP contribution in [0.1, 0.15) is 45.3 Å². The van der Waals surface area contributed by atoms with Gasteiger partial charge in [-0.3, -0.25) is 10.1 Å². The molecule has 0 bridgehead atoms. The SMILES string of the molecule is CCCC1NC(c2ccsc2)N(CCOC(C)C)C1=O. The second kappa shape index (κ2) is 7.20. The van der Waals surface area contributed by atoms with E-state index in [1.54, 1.807) is 11.3 Å². The molecule has 0 aliphatic carbocycles. The number of amides is 1. The standard InChI is InChI=1S/C15H24N2O2S/c1-4-5-13-15(18)17(7-8-19-11(2)3)14(16-13)12-6-9-20-10-12/h6,9-11,13-14,16H,4-5,7-8H2,1-3H3. The second-order valence-electron chi connectivity index (χ2n) is 5.42. The molecule has 1 aromatic rings. The van der Waals surface area contributed by atoms with E-state index >= 15 is 0 Å². The fourth-order valence-corrected chi connectivity index (χ4v) is 3.19. The lowest BCUT2D eigenvalue weighted by Gasteiger charge is -2.24. The van der Waals surface area contributed by atoms with Gasteiger partial charge in [-0.1, -0.05) is 13.3 Å². The lowest BCUT2D eigenvalue weighted by molar-refractivity contribution is -0.131. The molecule has 20 heavy (non-hydrogen) atoms. The molecule has 0 aromatic carbocycles. The van der Waals surface area contributed by atoms with Crippen molar-refractivity contribution in [2.24, 2.45) is 0 Å². The lowest BCUT2D eigenvalue weighted by atomic mass is 10.2. The van der Waals surface area contributed by atoms with Crippen LogP contribution in [0.4, 0.5) is 0 Å². The summed E-state index contributed by atoms with van der Waals surface area (Å²) in [5.74, 6) is 0.204. The van der Waals surface area contributed by atoms with E-state index < -0.39 is 0 Å². The summed E-state index contributed by atoms with van der Waals surface area (Å²) in [6, 6.07) is 2.03. The average molecular weight is 296 g/mol. The predicted octanol–water partition coefficient (Wildman–Crippen LogP) is 2.77. The quantitative estimate of drug-likeness (QED) is 0.841. The van der Waals surface area contributed by atoms with Crippen molar-refractivity contribution in [3.05, 3.63) is 22.4 Å². The number of carbonyl (C=O) groups is 1. The van der Waals surface area contributed by atoms with E-state index in [-0.39, 0.29) is 24.2 Å². The van der Waals surface area contributed by atoms with Crippen LogP contribution in [0, 0.1) is 0 Å². The van der Waals surface area contributed by atoms with Crippen LogP contribution in [0.5, 0.6) is 0 Å². The zero-order valence-electron chi connectivity index (χ0n) is 12.5. The molecular formula is C15H24N2O2S. The predicted molar refractivity (Wildman–Crippen MR) is 81.7 cm³/mol. The summed E-state index contributed by atoms with van der Waals surface area (Å²) in [5, 5.41) is 7.62. The van der Waals surface area contributed by atoms with Crippen LogP contribution >= 0.6 is 11.3 Å². The van der Waals surface area contributed by atoms with Crippen LogP contribution in [0.25, 0.3) is 0 Å². The zero-order chi connectivity index (χ0) is 14.5. The Morgan fingerprint density at radius 1 is 1.50 bits per heavy atom. The molecule has 0 radical (unpaired) electrons. The van der Waals surface area contributed by atoms with Gasteiger partial charge in [0.25, 0.3) is 0 Å². The monoisotopic (exact) mass is 296 g/mol. The van der Waals surface area contributed by atoms with Crippen molar-refractivity contribution in [1.82, 2.24) is 10.2 Å². The molecule has 4 nitrogen and oxygen atoms in total. The van der Waals surface area contributed by atoms with Crippen molar-refractivity contribution in [3.63, 3.8) is 0 Å². The number of hydrogen-bond acceptors (Lipinski definition) is 4. The second-order valence-corrected chi connectivity index (χ2v) is 6.20. The highest BCUT2D eigenvalue weighted by molar-refractivity contribution is 7.07. The summed E-state index contributed by atoms with van der Waals surface area (Å²) in [4.78, 5) is 14.4. The maximum atomic E-state index is 12.5. The van der Waals surface area contributed by atoms with E-state index in [0.717, 1.165) is 12.8 Å². The molecule has 2 unspecified atom stereocenters. The summed E-state index contributed by atoms with van der Waals surface area (Å²) in [6.07, 6.45) is 2.10. The Bertz CT molecular complexity index is 420. The van der Waals surface area contributed by atoms with Crippen molar-refractivity contribution in [3.8, 4) is 0 Å². The van der Waals surface area contributed by atoms with E-state index in [1.165, 1.54) is 5.56 Å². The van der Waals surface area contributed by atoms with Gasteiger partial charge >= 0.3 is 0 Å². The van der Waals surface area contributed by atoms with Crippen LogP contribution in [0.15, 0.2) is 16.8 Å². The maximum Gasteiger partial charge on any atom is 0.241 e. The van der Waals surface area contributed by atoms with Gasteiger partial charge in [0.15, 0.2) is 0 Å². The summed E-state index contributed by atoms with van der Waals surface area (Å²) in [5.41, 5.74) is 1.17. The molecular weight excluding hydrogens is 272 g/mol. The van der Waals surface area contributed by atoms with Crippen molar-refractivity contribution >= 4 is 17.2 Å². The third kappa shape index (κ3) is 3.59. The highest BCUT2D eigenvalue weighted by Crippen LogP contribution is 2.28. The first-order chi connectivity index (χ1) is 9.63. The summed E-state index contributed by atoms with van der Waals surface area (Å²) < 4.78 is 5.59. The maximum absolute atomic E-state index is 12.5. The van der Waals surface area contributed by atoms with Crippen LogP contribution in [-0.4, -0.2) is 36.1 Å². The molecule has 1 fully saturated rings.